The van der Waals surface area contributed by atoms with Gasteiger partial charge in [-0.25, -0.2) is 0 Å². The number of fused-ring (bicyclic) bond motifs is 1. The average Bonchev–Trinajstić information content (AvgIpc) is 3.18. The number of benzene rings is 5. The van der Waals surface area contributed by atoms with Crippen LogP contribution in [0.3, 0.4) is 0 Å². The Bertz CT molecular complexity index is 2470. The van der Waals surface area contributed by atoms with Crippen molar-refractivity contribution in [1.29, 1.82) is 0 Å². The minimum atomic E-state index is 0. The Morgan fingerprint density at radius 3 is 1.96 bits per heavy atom. The van der Waals surface area contributed by atoms with Crippen LogP contribution in [0.1, 0.15) is 37.5 Å². The van der Waals surface area contributed by atoms with Crippen LogP contribution in [0.25, 0.3) is 66.8 Å². The first-order valence-electron chi connectivity index (χ1n) is 17.7. The number of hydrogen-bond acceptors (Lipinski definition) is 3. The van der Waals surface area contributed by atoms with E-state index in [1.54, 1.807) is 0 Å². The Morgan fingerprint density at radius 1 is 0.491 bits per heavy atom. The molecule has 0 saturated heterocycles. The minimum Gasteiger partial charge on any atom is -0.305 e. The van der Waals surface area contributed by atoms with E-state index in [4.69, 9.17) is 4.98 Å². The zero-order valence-electron chi connectivity index (χ0n) is 30.7. The molecule has 8 aromatic rings. The Morgan fingerprint density at radius 2 is 1.21 bits per heavy atom. The summed E-state index contributed by atoms with van der Waals surface area (Å²) in [5, 5.41) is 1.14. The summed E-state index contributed by atoms with van der Waals surface area (Å²) in [4.78, 5) is 13.8. The van der Waals surface area contributed by atoms with Crippen LogP contribution in [-0.2, 0) is 25.5 Å². The topological polar surface area (TPSA) is 38.7 Å². The molecule has 0 saturated carbocycles. The fourth-order valence-electron chi connectivity index (χ4n) is 6.56. The molecule has 0 N–H and O–H groups in total. The largest absolute Gasteiger partial charge is 0.305 e. The fraction of sp³-hybridized carbons (Fsp3) is 0.122. The maximum Gasteiger partial charge on any atom is 0.0770 e. The van der Waals surface area contributed by atoms with E-state index in [1.165, 1.54) is 38.9 Å². The van der Waals surface area contributed by atoms with Crippen molar-refractivity contribution in [2.24, 2.45) is 0 Å². The molecule has 0 amide bonds. The van der Waals surface area contributed by atoms with Gasteiger partial charge in [0.15, 0.2) is 0 Å². The monoisotopic (exact) mass is 864 g/mol. The van der Waals surface area contributed by atoms with E-state index in [-0.39, 0.29) is 25.5 Å². The molecule has 0 bridgehead atoms. The van der Waals surface area contributed by atoms with Gasteiger partial charge < -0.3 is 9.97 Å². The second kappa shape index (κ2) is 16.4. The number of aromatic nitrogens is 3. The zero-order chi connectivity index (χ0) is 36.1. The molecule has 5 aromatic carbocycles. The Hall–Kier alpha value is -5.54. The summed E-state index contributed by atoms with van der Waals surface area (Å²) in [7, 11) is 0. The zero-order valence-corrected chi connectivity index (χ0v) is 33.1. The first kappa shape index (κ1) is 37.2. The van der Waals surface area contributed by atoms with Crippen molar-refractivity contribution in [2.75, 3.05) is 0 Å². The van der Waals surface area contributed by atoms with E-state index in [0.29, 0.717) is 0 Å². The molecule has 4 heteroatoms. The number of nitrogens with zero attached hydrogens (tertiary/aromatic N) is 3. The van der Waals surface area contributed by atoms with Crippen LogP contribution in [0.4, 0.5) is 0 Å². The third-order valence-corrected chi connectivity index (χ3v) is 9.39. The first-order chi connectivity index (χ1) is 25.3. The van der Waals surface area contributed by atoms with E-state index in [9.17, 15) is 0 Å². The summed E-state index contributed by atoms with van der Waals surface area (Å²) < 4.78 is 0. The fourth-order valence-corrected chi connectivity index (χ4v) is 6.56. The quantitative estimate of drug-likeness (QED) is 0.162. The van der Waals surface area contributed by atoms with Gasteiger partial charge in [-0.2, -0.15) is 0 Å². The smallest absolute Gasteiger partial charge is 0.0770 e. The van der Waals surface area contributed by atoms with E-state index < -0.39 is 0 Å². The first-order valence-corrected chi connectivity index (χ1v) is 17.7. The van der Waals surface area contributed by atoms with E-state index in [0.717, 1.165) is 44.5 Å². The van der Waals surface area contributed by atoms with Crippen molar-refractivity contribution < 1.29 is 20.1 Å². The molecule has 0 aliphatic heterocycles. The number of pyridine rings is 3. The SMILES string of the molecule is Cc1c(-c2ccccc2)cccc1-c1ccc(-c2cc[c-]c(-c3cc(C(C)(C)C)ccn3)c2)c2ncccc12.Cc1ccnc(-c2[c-]cccc2)c1.[Ir]. The second-order valence-corrected chi connectivity index (χ2v) is 14.1. The summed E-state index contributed by atoms with van der Waals surface area (Å²) in [6, 6.07) is 54.9. The molecule has 0 fully saturated rings. The summed E-state index contributed by atoms with van der Waals surface area (Å²) in [5.74, 6) is 0. The van der Waals surface area contributed by atoms with Crippen LogP contribution in [0, 0.1) is 26.0 Å². The van der Waals surface area contributed by atoms with Crippen LogP contribution >= 0.6 is 0 Å². The van der Waals surface area contributed by atoms with Crippen molar-refractivity contribution in [3.05, 3.63) is 187 Å². The Labute approximate surface area is 327 Å². The molecular formula is C49H41IrN3-2. The van der Waals surface area contributed by atoms with Crippen LogP contribution in [-0.4, -0.2) is 15.0 Å². The van der Waals surface area contributed by atoms with Crippen molar-refractivity contribution in [3.63, 3.8) is 0 Å². The standard InChI is InChI=1S/C37H31N2.C12H10N.Ir/c1-25-30(26-11-6-5-7-12-26)15-9-16-31(25)33-19-18-32(36-34(33)17-10-21-39-36)27-13-8-14-28(23-27)35-24-29(20-22-38-35)37(2,3)4;1-10-7-8-13-12(9-10)11-5-3-2-4-6-11;/h5-13,15-24H,1-4H3;2-5,7-9H,1H3;/q2*-1;. The van der Waals surface area contributed by atoms with Crippen LogP contribution in [0.2, 0.25) is 0 Å². The summed E-state index contributed by atoms with van der Waals surface area (Å²) in [6.45, 7) is 11.0. The van der Waals surface area contributed by atoms with Gasteiger partial charge in [-0.1, -0.05) is 111 Å². The van der Waals surface area contributed by atoms with E-state index in [1.807, 2.05) is 61.1 Å². The van der Waals surface area contributed by atoms with Gasteiger partial charge in [0.25, 0.3) is 0 Å². The van der Waals surface area contributed by atoms with Crippen molar-refractivity contribution in [3.8, 4) is 55.9 Å². The molecule has 0 atom stereocenters. The van der Waals surface area contributed by atoms with Gasteiger partial charge in [0.2, 0.25) is 0 Å². The predicted octanol–water partition coefficient (Wildman–Crippen LogP) is 12.6. The molecule has 0 aliphatic rings. The summed E-state index contributed by atoms with van der Waals surface area (Å²) in [5.41, 5.74) is 15.9. The maximum atomic E-state index is 4.88. The van der Waals surface area contributed by atoms with Gasteiger partial charge in [0.05, 0.1) is 5.52 Å². The van der Waals surface area contributed by atoms with Gasteiger partial charge in [-0.05, 0) is 87.8 Å². The Kier molecular flexibility index (Phi) is 11.5. The summed E-state index contributed by atoms with van der Waals surface area (Å²) in [6.07, 6.45) is 5.60. The minimum absolute atomic E-state index is 0. The normalized spacial score (nSPS) is 11.0. The molecule has 0 unspecified atom stereocenters. The molecule has 0 spiro atoms. The molecular weight excluding hydrogens is 823 g/mol. The van der Waals surface area contributed by atoms with E-state index >= 15 is 0 Å². The van der Waals surface area contributed by atoms with Gasteiger partial charge in [0.1, 0.15) is 0 Å². The predicted molar refractivity (Wildman–Crippen MR) is 217 cm³/mol. The second-order valence-electron chi connectivity index (χ2n) is 14.1. The van der Waals surface area contributed by atoms with E-state index in [2.05, 4.69) is 154 Å². The summed E-state index contributed by atoms with van der Waals surface area (Å²) >= 11 is 0. The van der Waals surface area contributed by atoms with Gasteiger partial charge in [-0.15, -0.1) is 65.7 Å². The van der Waals surface area contributed by atoms with Gasteiger partial charge >= 0.3 is 0 Å². The van der Waals surface area contributed by atoms with Gasteiger partial charge in [-0.3, -0.25) is 4.98 Å². The molecule has 0 aliphatic carbocycles. The van der Waals surface area contributed by atoms with Gasteiger partial charge in [0, 0.05) is 44.1 Å². The molecule has 1 radical (unpaired) electrons. The molecule has 3 heterocycles. The van der Waals surface area contributed by atoms with Crippen molar-refractivity contribution in [1.82, 2.24) is 15.0 Å². The average molecular weight is 864 g/mol. The number of hydrogen-bond donors (Lipinski definition) is 0. The molecule has 53 heavy (non-hydrogen) atoms. The number of rotatable bonds is 5. The molecule has 3 nitrogen and oxygen atoms in total. The Balaban J connectivity index is 0.000000289. The van der Waals surface area contributed by atoms with Crippen LogP contribution in [0.15, 0.2) is 158 Å². The maximum absolute atomic E-state index is 4.88. The van der Waals surface area contributed by atoms with Crippen LogP contribution < -0.4 is 0 Å². The third kappa shape index (κ3) is 8.42. The van der Waals surface area contributed by atoms with Crippen LogP contribution in [0.5, 0.6) is 0 Å². The molecule has 263 valence electrons. The number of aryl methyl sites for hydroxylation is 1. The molecule has 8 rings (SSSR count). The van der Waals surface area contributed by atoms with Crippen molar-refractivity contribution in [2.45, 2.75) is 40.0 Å². The van der Waals surface area contributed by atoms with Crippen molar-refractivity contribution >= 4 is 10.9 Å². The third-order valence-electron chi connectivity index (χ3n) is 9.39. The molecule has 3 aromatic heterocycles.